The third kappa shape index (κ3) is 2.73. The van der Waals surface area contributed by atoms with Crippen molar-refractivity contribution in [3.8, 4) is 0 Å². The molecule has 2 aliphatic rings. The molecule has 3 rings (SSSR count). The van der Waals surface area contributed by atoms with Gasteiger partial charge < -0.3 is 15.7 Å². The molecule has 1 saturated carbocycles. The van der Waals surface area contributed by atoms with Crippen LogP contribution in [0.5, 0.6) is 0 Å². The minimum atomic E-state index is -0.263. The summed E-state index contributed by atoms with van der Waals surface area (Å²) in [5.41, 5.74) is 3.06. The number of anilines is 1. The first-order chi connectivity index (χ1) is 9.22. The summed E-state index contributed by atoms with van der Waals surface area (Å²) in [6, 6.07) is 5.95. The molecule has 3 N–H and O–H groups in total. The van der Waals surface area contributed by atoms with E-state index in [4.69, 9.17) is 0 Å². The Morgan fingerprint density at radius 3 is 3.11 bits per heavy atom. The van der Waals surface area contributed by atoms with Crippen LogP contribution >= 0.6 is 0 Å². The summed E-state index contributed by atoms with van der Waals surface area (Å²) < 4.78 is 0. The van der Waals surface area contributed by atoms with Crippen molar-refractivity contribution in [3.05, 3.63) is 29.3 Å². The molecule has 4 heteroatoms. The standard InChI is InChI=1S/C15H20N2O2/c18-13-3-1-2-12(9-13)17-15(19)11-5-4-10-6-7-16-14(10)8-11/h4-5,8,12-13,16,18H,1-3,6-7,9H2,(H,17,19). The van der Waals surface area contributed by atoms with Crippen LogP contribution in [0.4, 0.5) is 5.69 Å². The molecule has 1 amide bonds. The maximum absolute atomic E-state index is 12.2. The summed E-state index contributed by atoms with van der Waals surface area (Å²) in [5, 5.41) is 15.9. The summed E-state index contributed by atoms with van der Waals surface area (Å²) in [7, 11) is 0. The van der Waals surface area contributed by atoms with E-state index in [2.05, 4.69) is 10.6 Å². The van der Waals surface area contributed by atoms with Gasteiger partial charge in [0.1, 0.15) is 0 Å². The second kappa shape index (κ2) is 5.21. The van der Waals surface area contributed by atoms with Crippen molar-refractivity contribution in [2.24, 2.45) is 0 Å². The second-order valence-electron chi connectivity index (χ2n) is 5.54. The molecule has 2 unspecified atom stereocenters. The van der Waals surface area contributed by atoms with Gasteiger partial charge in [0.05, 0.1) is 6.10 Å². The summed E-state index contributed by atoms with van der Waals surface area (Å²) in [5.74, 6) is -0.0319. The molecule has 4 nitrogen and oxygen atoms in total. The van der Waals surface area contributed by atoms with E-state index in [1.54, 1.807) is 0 Å². The highest BCUT2D eigenvalue weighted by atomic mass is 16.3. The van der Waals surface area contributed by atoms with Crippen molar-refractivity contribution < 1.29 is 9.90 Å². The molecule has 19 heavy (non-hydrogen) atoms. The zero-order valence-corrected chi connectivity index (χ0v) is 11.0. The summed E-state index contributed by atoms with van der Waals surface area (Å²) >= 11 is 0. The summed E-state index contributed by atoms with van der Waals surface area (Å²) in [6.07, 6.45) is 4.25. The lowest BCUT2D eigenvalue weighted by Gasteiger charge is -2.26. The molecular weight excluding hydrogens is 240 g/mol. The largest absolute Gasteiger partial charge is 0.393 e. The Hall–Kier alpha value is -1.55. The highest BCUT2D eigenvalue weighted by Gasteiger charge is 2.22. The van der Waals surface area contributed by atoms with Crippen LogP contribution in [0.25, 0.3) is 0 Å². The Labute approximate surface area is 113 Å². The van der Waals surface area contributed by atoms with Crippen LogP contribution in [0, 0.1) is 0 Å². The number of amides is 1. The van der Waals surface area contributed by atoms with Crippen molar-refractivity contribution in [2.75, 3.05) is 11.9 Å². The predicted octanol–water partition coefficient (Wildman–Crippen LogP) is 1.69. The fourth-order valence-electron chi connectivity index (χ4n) is 3.00. The van der Waals surface area contributed by atoms with Gasteiger partial charge in [0.25, 0.3) is 5.91 Å². The van der Waals surface area contributed by atoms with Crippen molar-refractivity contribution >= 4 is 11.6 Å². The molecule has 1 heterocycles. The molecule has 1 fully saturated rings. The van der Waals surface area contributed by atoms with E-state index in [1.807, 2.05) is 18.2 Å². The molecule has 0 saturated heterocycles. The molecule has 102 valence electrons. The topological polar surface area (TPSA) is 61.4 Å². The third-order valence-corrected chi connectivity index (χ3v) is 4.06. The van der Waals surface area contributed by atoms with Crippen LogP contribution in [0.3, 0.4) is 0 Å². The van der Waals surface area contributed by atoms with Gasteiger partial charge in [-0.2, -0.15) is 0 Å². The number of carbonyl (C=O) groups excluding carboxylic acids is 1. The molecule has 1 aliphatic carbocycles. The number of fused-ring (bicyclic) bond motifs is 1. The van der Waals surface area contributed by atoms with Gasteiger partial charge in [-0.1, -0.05) is 6.07 Å². The molecule has 1 aliphatic heterocycles. The van der Waals surface area contributed by atoms with Crippen LogP contribution in [0.1, 0.15) is 41.6 Å². The Balaban J connectivity index is 1.67. The summed E-state index contributed by atoms with van der Waals surface area (Å²) in [6.45, 7) is 0.954. The quantitative estimate of drug-likeness (QED) is 0.758. The fraction of sp³-hybridized carbons (Fsp3) is 0.533. The number of carbonyl (C=O) groups is 1. The van der Waals surface area contributed by atoms with Gasteiger partial charge in [-0.05, 0) is 49.8 Å². The zero-order valence-electron chi connectivity index (χ0n) is 11.0. The SMILES string of the molecule is O=C(NC1CCCC(O)C1)c1ccc2c(c1)NCC2. The van der Waals surface area contributed by atoms with Gasteiger partial charge in [0.15, 0.2) is 0 Å². The number of hydrogen-bond acceptors (Lipinski definition) is 3. The van der Waals surface area contributed by atoms with Crippen LogP contribution in [0.15, 0.2) is 18.2 Å². The second-order valence-corrected chi connectivity index (χ2v) is 5.54. The van der Waals surface area contributed by atoms with E-state index in [0.29, 0.717) is 12.0 Å². The summed E-state index contributed by atoms with van der Waals surface area (Å²) in [4.78, 5) is 12.2. The van der Waals surface area contributed by atoms with Gasteiger partial charge in [-0.25, -0.2) is 0 Å². The first-order valence-corrected chi connectivity index (χ1v) is 7.08. The van der Waals surface area contributed by atoms with Crippen molar-refractivity contribution in [1.82, 2.24) is 5.32 Å². The lowest BCUT2D eigenvalue weighted by molar-refractivity contribution is 0.0850. The van der Waals surface area contributed by atoms with Gasteiger partial charge in [0.2, 0.25) is 0 Å². The highest BCUT2D eigenvalue weighted by Crippen LogP contribution is 2.24. The predicted molar refractivity (Wildman–Crippen MR) is 74.4 cm³/mol. The van der Waals surface area contributed by atoms with E-state index in [1.165, 1.54) is 5.56 Å². The molecule has 0 bridgehead atoms. The third-order valence-electron chi connectivity index (χ3n) is 4.06. The van der Waals surface area contributed by atoms with Crippen LogP contribution < -0.4 is 10.6 Å². The first-order valence-electron chi connectivity index (χ1n) is 7.08. The first kappa shape index (κ1) is 12.5. The van der Waals surface area contributed by atoms with Crippen molar-refractivity contribution in [2.45, 2.75) is 44.2 Å². The Bertz CT molecular complexity index is 487. The molecule has 1 aromatic rings. The van der Waals surface area contributed by atoms with E-state index in [0.717, 1.165) is 37.9 Å². The van der Waals surface area contributed by atoms with Gasteiger partial charge >= 0.3 is 0 Å². The lowest BCUT2D eigenvalue weighted by Crippen LogP contribution is -2.39. The molecule has 2 atom stereocenters. The maximum atomic E-state index is 12.2. The number of aliphatic hydroxyl groups excluding tert-OH is 1. The van der Waals surface area contributed by atoms with Crippen LogP contribution in [0.2, 0.25) is 0 Å². The minimum Gasteiger partial charge on any atom is -0.393 e. The molecule has 0 spiro atoms. The lowest BCUT2D eigenvalue weighted by atomic mass is 9.93. The highest BCUT2D eigenvalue weighted by molar-refractivity contribution is 5.95. The Morgan fingerprint density at radius 2 is 2.26 bits per heavy atom. The van der Waals surface area contributed by atoms with Gasteiger partial charge in [-0.3, -0.25) is 4.79 Å². The number of hydrogen-bond donors (Lipinski definition) is 3. The number of aliphatic hydroxyl groups is 1. The van der Waals surface area contributed by atoms with E-state index in [9.17, 15) is 9.90 Å². The van der Waals surface area contributed by atoms with Crippen molar-refractivity contribution in [3.63, 3.8) is 0 Å². The number of rotatable bonds is 2. The Kier molecular flexibility index (Phi) is 3.42. The van der Waals surface area contributed by atoms with E-state index >= 15 is 0 Å². The maximum Gasteiger partial charge on any atom is 0.251 e. The fourth-order valence-corrected chi connectivity index (χ4v) is 3.00. The zero-order chi connectivity index (χ0) is 13.2. The van der Waals surface area contributed by atoms with Crippen molar-refractivity contribution in [1.29, 1.82) is 0 Å². The average molecular weight is 260 g/mol. The number of benzene rings is 1. The molecular formula is C15H20N2O2. The smallest absolute Gasteiger partial charge is 0.251 e. The molecule has 0 aromatic heterocycles. The van der Waals surface area contributed by atoms with E-state index in [-0.39, 0.29) is 18.1 Å². The van der Waals surface area contributed by atoms with Gasteiger partial charge in [0, 0.05) is 23.8 Å². The van der Waals surface area contributed by atoms with E-state index < -0.39 is 0 Å². The normalized spacial score (nSPS) is 25.5. The van der Waals surface area contributed by atoms with Crippen LogP contribution in [-0.4, -0.2) is 29.7 Å². The van der Waals surface area contributed by atoms with Crippen LogP contribution in [-0.2, 0) is 6.42 Å². The molecule has 1 aromatic carbocycles. The molecule has 0 radical (unpaired) electrons. The monoisotopic (exact) mass is 260 g/mol. The van der Waals surface area contributed by atoms with Gasteiger partial charge in [-0.15, -0.1) is 0 Å². The average Bonchev–Trinajstić information content (AvgIpc) is 2.85. The minimum absolute atomic E-state index is 0.0319. The Morgan fingerprint density at radius 1 is 1.37 bits per heavy atom. The number of nitrogens with one attached hydrogen (secondary N) is 2.